The average Bonchev–Trinajstić information content (AvgIpc) is 3.00. The summed E-state index contributed by atoms with van der Waals surface area (Å²) in [5.74, 6) is -0.254. The van der Waals surface area contributed by atoms with Crippen molar-refractivity contribution in [3.8, 4) is 11.3 Å². The van der Waals surface area contributed by atoms with Crippen LogP contribution in [0.2, 0.25) is 10.0 Å². The lowest BCUT2D eigenvalue weighted by molar-refractivity contribution is 0.103. The topological polar surface area (TPSA) is 54.9 Å². The molecule has 2 aromatic carbocycles. The van der Waals surface area contributed by atoms with Gasteiger partial charge in [0.15, 0.2) is 0 Å². The number of rotatable bonds is 3. The van der Waals surface area contributed by atoms with Crippen molar-refractivity contribution >= 4 is 46.3 Å². The van der Waals surface area contributed by atoms with Crippen LogP contribution in [0.3, 0.4) is 0 Å². The van der Waals surface area contributed by atoms with Crippen LogP contribution in [-0.4, -0.2) is 15.5 Å². The van der Waals surface area contributed by atoms with Crippen molar-refractivity contribution in [2.24, 2.45) is 0 Å². The normalized spacial score (nSPS) is 10.6. The quantitative estimate of drug-likeness (QED) is 0.706. The van der Waals surface area contributed by atoms with E-state index in [1.165, 1.54) is 0 Å². The van der Waals surface area contributed by atoms with Gasteiger partial charge in [-0.25, -0.2) is 0 Å². The fourth-order valence-electron chi connectivity index (χ4n) is 2.08. The zero-order chi connectivity index (χ0) is 16.4. The maximum Gasteiger partial charge on any atom is 0.269 e. The largest absolute Gasteiger partial charge is 0.321 e. The molecule has 0 radical (unpaired) electrons. The van der Waals surface area contributed by atoms with E-state index in [-0.39, 0.29) is 5.91 Å². The average molecular weight is 364 g/mol. The number of hydrogen-bond donors (Lipinski definition) is 1. The number of carbonyl (C=O) groups is 1. The lowest BCUT2D eigenvalue weighted by atomic mass is 10.1. The number of aryl methyl sites for hydroxylation is 1. The van der Waals surface area contributed by atoms with Crippen LogP contribution in [0.1, 0.15) is 15.2 Å². The molecule has 1 aromatic heterocycles. The van der Waals surface area contributed by atoms with Gasteiger partial charge in [0.05, 0.1) is 0 Å². The molecule has 1 amide bonds. The van der Waals surface area contributed by atoms with E-state index in [0.717, 1.165) is 22.7 Å². The highest BCUT2D eigenvalue weighted by Gasteiger charge is 2.18. The molecule has 0 aliphatic carbocycles. The third-order valence-electron chi connectivity index (χ3n) is 3.25. The minimum atomic E-state index is -0.254. The molecule has 0 spiro atoms. The summed E-state index contributed by atoms with van der Waals surface area (Å²) >= 11 is 12.9. The third kappa shape index (κ3) is 3.52. The molecule has 1 N–H and O–H groups in total. The summed E-state index contributed by atoms with van der Waals surface area (Å²) in [5.41, 5.74) is 2.92. The molecule has 23 heavy (non-hydrogen) atoms. The lowest BCUT2D eigenvalue weighted by Crippen LogP contribution is -2.12. The Hall–Kier alpha value is -1.95. The van der Waals surface area contributed by atoms with E-state index in [9.17, 15) is 4.79 Å². The molecule has 0 aliphatic rings. The van der Waals surface area contributed by atoms with Crippen molar-refractivity contribution in [3.63, 3.8) is 0 Å². The zero-order valence-corrected chi connectivity index (χ0v) is 14.3. The molecule has 116 valence electrons. The summed E-state index contributed by atoms with van der Waals surface area (Å²) in [5, 5.41) is 8.18. The molecule has 0 fully saturated rings. The van der Waals surface area contributed by atoms with Crippen LogP contribution < -0.4 is 5.32 Å². The van der Waals surface area contributed by atoms with Crippen LogP contribution in [0.15, 0.2) is 42.5 Å². The van der Waals surface area contributed by atoms with Gasteiger partial charge in [-0.05, 0) is 54.4 Å². The number of halogens is 2. The van der Waals surface area contributed by atoms with Gasteiger partial charge in [0, 0.05) is 21.3 Å². The van der Waals surface area contributed by atoms with Crippen molar-refractivity contribution in [3.05, 3.63) is 63.0 Å². The van der Waals surface area contributed by atoms with Crippen LogP contribution in [0.5, 0.6) is 0 Å². The highest BCUT2D eigenvalue weighted by Crippen LogP contribution is 2.27. The molecule has 1 heterocycles. The highest BCUT2D eigenvalue weighted by molar-refractivity contribution is 7.08. The fourth-order valence-corrected chi connectivity index (χ4v) is 3.02. The maximum atomic E-state index is 12.5. The number of benzene rings is 2. The Bertz CT molecular complexity index is 862. The van der Waals surface area contributed by atoms with E-state index < -0.39 is 0 Å². The number of aromatic nitrogens is 2. The van der Waals surface area contributed by atoms with Crippen molar-refractivity contribution in [2.75, 3.05) is 5.32 Å². The van der Waals surface area contributed by atoms with Gasteiger partial charge in [0.25, 0.3) is 5.91 Å². The molecule has 0 saturated carbocycles. The van der Waals surface area contributed by atoms with E-state index in [4.69, 9.17) is 23.2 Å². The second-order valence-electron chi connectivity index (χ2n) is 4.87. The number of nitrogens with one attached hydrogen (secondary N) is 1. The summed E-state index contributed by atoms with van der Waals surface area (Å²) in [6, 6.07) is 12.4. The Kier molecular flexibility index (Phi) is 4.61. The number of carbonyl (C=O) groups excluding carboxylic acids is 1. The third-order valence-corrected chi connectivity index (χ3v) is 4.46. The molecular weight excluding hydrogens is 353 g/mol. The minimum absolute atomic E-state index is 0.254. The molecule has 3 rings (SSSR count). The minimum Gasteiger partial charge on any atom is -0.321 e. The van der Waals surface area contributed by atoms with Crippen LogP contribution in [0.25, 0.3) is 11.3 Å². The van der Waals surface area contributed by atoms with Gasteiger partial charge in [-0.3, -0.25) is 4.79 Å². The highest BCUT2D eigenvalue weighted by atomic mass is 35.5. The molecule has 4 nitrogen and oxygen atoms in total. The van der Waals surface area contributed by atoms with Gasteiger partial charge in [-0.2, -0.15) is 0 Å². The lowest BCUT2D eigenvalue weighted by Gasteiger charge is -2.08. The first-order valence-corrected chi connectivity index (χ1v) is 8.23. The second-order valence-corrected chi connectivity index (χ2v) is 6.50. The molecule has 0 bridgehead atoms. The Labute approximate surface area is 147 Å². The Morgan fingerprint density at radius 1 is 1.09 bits per heavy atom. The first-order chi connectivity index (χ1) is 11.0. The monoisotopic (exact) mass is 363 g/mol. The summed E-state index contributed by atoms with van der Waals surface area (Å²) < 4.78 is 3.90. The van der Waals surface area contributed by atoms with Gasteiger partial charge < -0.3 is 5.32 Å². The Morgan fingerprint density at radius 2 is 1.78 bits per heavy atom. The van der Waals surface area contributed by atoms with E-state index >= 15 is 0 Å². The summed E-state index contributed by atoms with van der Waals surface area (Å²) in [6.07, 6.45) is 0. The predicted molar refractivity (Wildman–Crippen MR) is 94.5 cm³/mol. The fraction of sp³-hybridized carbons (Fsp3) is 0.0625. The van der Waals surface area contributed by atoms with Gasteiger partial charge in [0.1, 0.15) is 10.6 Å². The maximum absolute atomic E-state index is 12.5. The number of amides is 1. The van der Waals surface area contributed by atoms with E-state index in [0.29, 0.717) is 26.3 Å². The zero-order valence-electron chi connectivity index (χ0n) is 12.0. The summed E-state index contributed by atoms with van der Waals surface area (Å²) in [4.78, 5) is 13.0. The van der Waals surface area contributed by atoms with Gasteiger partial charge in [-0.1, -0.05) is 39.8 Å². The first-order valence-electron chi connectivity index (χ1n) is 6.70. The van der Waals surface area contributed by atoms with Gasteiger partial charge in [-0.15, -0.1) is 5.10 Å². The van der Waals surface area contributed by atoms with Crippen molar-refractivity contribution < 1.29 is 4.79 Å². The van der Waals surface area contributed by atoms with Crippen LogP contribution in [0, 0.1) is 6.92 Å². The van der Waals surface area contributed by atoms with Gasteiger partial charge >= 0.3 is 0 Å². The molecule has 0 saturated heterocycles. The van der Waals surface area contributed by atoms with Gasteiger partial charge in [0.2, 0.25) is 0 Å². The van der Waals surface area contributed by atoms with Crippen LogP contribution >= 0.6 is 34.7 Å². The molecule has 0 atom stereocenters. The van der Waals surface area contributed by atoms with E-state index in [1.807, 2.05) is 19.1 Å². The van der Waals surface area contributed by atoms with Crippen molar-refractivity contribution in [1.29, 1.82) is 0 Å². The standard InChI is InChI=1S/C16H11Cl2N3OS/c1-9-8-12(18)6-7-13(9)19-16(22)15-14(20-21-23-15)10-2-4-11(17)5-3-10/h2-8H,1H3,(H,19,22). The van der Waals surface area contributed by atoms with E-state index in [1.54, 1.807) is 30.3 Å². The molecule has 0 aliphatic heterocycles. The number of anilines is 1. The summed E-state index contributed by atoms with van der Waals surface area (Å²) in [7, 11) is 0. The van der Waals surface area contributed by atoms with Crippen molar-refractivity contribution in [1.82, 2.24) is 9.59 Å². The second kappa shape index (κ2) is 6.66. The smallest absolute Gasteiger partial charge is 0.269 e. The first kappa shape index (κ1) is 15.9. The van der Waals surface area contributed by atoms with Crippen LogP contribution in [-0.2, 0) is 0 Å². The number of nitrogens with zero attached hydrogens (tertiary/aromatic N) is 2. The molecular formula is C16H11Cl2N3OS. The Balaban J connectivity index is 1.89. The van der Waals surface area contributed by atoms with Crippen LogP contribution in [0.4, 0.5) is 5.69 Å². The molecule has 7 heteroatoms. The SMILES string of the molecule is Cc1cc(Cl)ccc1NC(=O)c1snnc1-c1ccc(Cl)cc1. The summed E-state index contributed by atoms with van der Waals surface area (Å²) in [6.45, 7) is 1.88. The van der Waals surface area contributed by atoms with E-state index in [2.05, 4.69) is 14.9 Å². The predicted octanol–water partition coefficient (Wildman–Crippen LogP) is 5.07. The Morgan fingerprint density at radius 3 is 2.48 bits per heavy atom. The molecule has 0 unspecified atom stereocenters. The number of hydrogen-bond acceptors (Lipinski definition) is 4. The van der Waals surface area contributed by atoms with Crippen molar-refractivity contribution in [2.45, 2.75) is 6.92 Å². The molecule has 3 aromatic rings.